The molecule has 0 aliphatic heterocycles. The molecule has 0 radical (unpaired) electrons. The molecular formula is C8H7F3INO2S. The molecule has 1 N–H and O–H groups in total. The van der Waals surface area contributed by atoms with Crippen molar-refractivity contribution in [2.75, 3.05) is 0 Å². The van der Waals surface area contributed by atoms with E-state index in [1.165, 1.54) is 4.72 Å². The molecule has 1 aromatic carbocycles. The maximum atomic E-state index is 11.9. The Hall–Kier alpha value is -0.350. The van der Waals surface area contributed by atoms with Crippen LogP contribution in [0.1, 0.15) is 5.56 Å². The van der Waals surface area contributed by atoms with E-state index in [1.54, 1.807) is 24.3 Å². The summed E-state index contributed by atoms with van der Waals surface area (Å²) in [4.78, 5) is 0. The van der Waals surface area contributed by atoms with Gasteiger partial charge in [-0.05, 0) is 40.3 Å². The molecule has 0 saturated carbocycles. The second-order valence-corrected chi connectivity index (χ2v) is 5.90. The molecule has 90 valence electrons. The van der Waals surface area contributed by atoms with E-state index in [0.29, 0.717) is 5.56 Å². The Morgan fingerprint density at radius 3 is 2.12 bits per heavy atom. The number of halogens is 4. The fourth-order valence-electron chi connectivity index (χ4n) is 0.862. The Morgan fingerprint density at radius 2 is 1.69 bits per heavy atom. The van der Waals surface area contributed by atoms with Crippen LogP contribution in [0.3, 0.4) is 0 Å². The molecule has 0 atom stereocenters. The summed E-state index contributed by atoms with van der Waals surface area (Å²) >= 11 is 2.04. The molecule has 0 amide bonds. The molecule has 0 heterocycles. The SMILES string of the molecule is O=S(=O)(NCc1ccc(I)cc1)C(F)(F)F. The van der Waals surface area contributed by atoms with Gasteiger partial charge in [-0.25, -0.2) is 13.1 Å². The Labute approximate surface area is 104 Å². The van der Waals surface area contributed by atoms with Crippen molar-refractivity contribution in [1.29, 1.82) is 0 Å². The van der Waals surface area contributed by atoms with E-state index >= 15 is 0 Å². The summed E-state index contributed by atoms with van der Waals surface area (Å²) in [5, 5.41) is 0. The lowest BCUT2D eigenvalue weighted by Gasteiger charge is -2.09. The first-order valence-electron chi connectivity index (χ1n) is 4.03. The van der Waals surface area contributed by atoms with Crippen LogP contribution in [0, 0.1) is 3.57 Å². The number of hydrogen-bond donors (Lipinski definition) is 1. The lowest BCUT2D eigenvalue weighted by Crippen LogP contribution is -2.35. The van der Waals surface area contributed by atoms with Gasteiger partial charge in [-0.1, -0.05) is 12.1 Å². The van der Waals surface area contributed by atoms with Gasteiger partial charge in [-0.2, -0.15) is 13.2 Å². The number of benzene rings is 1. The van der Waals surface area contributed by atoms with Crippen LogP contribution in [0.2, 0.25) is 0 Å². The van der Waals surface area contributed by atoms with Gasteiger partial charge >= 0.3 is 15.5 Å². The van der Waals surface area contributed by atoms with Gasteiger partial charge in [0.1, 0.15) is 0 Å². The third kappa shape index (κ3) is 3.59. The van der Waals surface area contributed by atoms with Crippen LogP contribution < -0.4 is 4.72 Å². The minimum atomic E-state index is -5.27. The third-order valence-corrected chi connectivity index (χ3v) is 3.54. The van der Waals surface area contributed by atoms with Crippen LogP contribution in [-0.2, 0) is 16.6 Å². The largest absolute Gasteiger partial charge is 0.511 e. The average molecular weight is 365 g/mol. The Balaban J connectivity index is 2.69. The van der Waals surface area contributed by atoms with Crippen molar-refractivity contribution in [3.8, 4) is 0 Å². The predicted molar refractivity (Wildman–Crippen MR) is 61.0 cm³/mol. The van der Waals surface area contributed by atoms with Gasteiger partial charge in [-0.15, -0.1) is 0 Å². The van der Waals surface area contributed by atoms with Gasteiger partial charge < -0.3 is 0 Å². The van der Waals surface area contributed by atoms with Crippen molar-refractivity contribution >= 4 is 32.6 Å². The predicted octanol–water partition coefficient (Wildman–Crippen LogP) is 2.23. The first kappa shape index (κ1) is 13.7. The molecule has 0 aromatic heterocycles. The van der Waals surface area contributed by atoms with E-state index in [-0.39, 0.29) is 6.54 Å². The summed E-state index contributed by atoms with van der Waals surface area (Å²) in [5.41, 5.74) is -4.80. The summed E-state index contributed by atoms with van der Waals surface area (Å²) in [6.45, 7) is -0.376. The number of nitrogens with one attached hydrogen (secondary N) is 1. The fraction of sp³-hybridized carbons (Fsp3) is 0.250. The summed E-state index contributed by atoms with van der Waals surface area (Å²) in [6, 6.07) is 6.47. The average Bonchev–Trinajstić information content (AvgIpc) is 2.15. The van der Waals surface area contributed by atoms with Crippen LogP contribution in [0.4, 0.5) is 13.2 Å². The molecule has 3 nitrogen and oxygen atoms in total. The first-order chi connectivity index (χ1) is 7.22. The van der Waals surface area contributed by atoms with Crippen LogP contribution in [-0.4, -0.2) is 13.9 Å². The van der Waals surface area contributed by atoms with E-state index in [9.17, 15) is 21.6 Å². The molecule has 8 heteroatoms. The summed E-state index contributed by atoms with van der Waals surface area (Å²) in [5.74, 6) is 0. The lowest BCUT2D eigenvalue weighted by atomic mass is 10.2. The van der Waals surface area contributed by atoms with Crippen molar-refractivity contribution in [1.82, 2.24) is 4.72 Å². The normalized spacial score (nSPS) is 12.8. The van der Waals surface area contributed by atoms with Crippen LogP contribution in [0.5, 0.6) is 0 Å². The Bertz CT molecular complexity index is 455. The second kappa shape index (κ2) is 4.88. The Morgan fingerprint density at radius 1 is 1.19 bits per heavy atom. The highest BCUT2D eigenvalue weighted by Crippen LogP contribution is 2.21. The zero-order chi connectivity index (χ0) is 12.4. The zero-order valence-corrected chi connectivity index (χ0v) is 10.7. The molecule has 0 saturated heterocycles. The quantitative estimate of drug-likeness (QED) is 0.836. The summed E-state index contributed by atoms with van der Waals surface area (Å²) in [7, 11) is -5.26. The fourth-order valence-corrected chi connectivity index (χ4v) is 1.74. The van der Waals surface area contributed by atoms with Gasteiger partial charge in [0.15, 0.2) is 0 Å². The van der Waals surface area contributed by atoms with Gasteiger partial charge in [-0.3, -0.25) is 0 Å². The third-order valence-electron chi connectivity index (χ3n) is 1.68. The minimum Gasteiger partial charge on any atom is -0.203 e. The topological polar surface area (TPSA) is 46.2 Å². The van der Waals surface area contributed by atoms with Crippen molar-refractivity contribution in [2.45, 2.75) is 12.1 Å². The molecule has 0 unspecified atom stereocenters. The minimum absolute atomic E-state index is 0.376. The highest BCUT2D eigenvalue weighted by molar-refractivity contribution is 14.1. The number of alkyl halides is 3. The van der Waals surface area contributed by atoms with E-state index in [0.717, 1.165) is 3.57 Å². The van der Waals surface area contributed by atoms with Crippen molar-refractivity contribution in [2.24, 2.45) is 0 Å². The number of hydrogen-bond acceptors (Lipinski definition) is 2. The van der Waals surface area contributed by atoms with Gasteiger partial charge in [0.05, 0.1) is 0 Å². The number of sulfonamides is 1. The first-order valence-corrected chi connectivity index (χ1v) is 6.59. The van der Waals surface area contributed by atoms with Crippen LogP contribution >= 0.6 is 22.6 Å². The maximum absolute atomic E-state index is 11.9. The standard InChI is InChI=1S/C8H7F3INO2S/c9-8(10,11)16(14,15)13-5-6-1-3-7(12)4-2-6/h1-4,13H,5H2. The smallest absolute Gasteiger partial charge is 0.203 e. The van der Waals surface area contributed by atoms with Crippen LogP contribution in [0.15, 0.2) is 24.3 Å². The zero-order valence-electron chi connectivity index (χ0n) is 7.75. The molecule has 0 aliphatic carbocycles. The molecular weight excluding hydrogens is 358 g/mol. The summed E-state index contributed by atoms with van der Waals surface area (Å²) < 4.78 is 59.6. The van der Waals surface area contributed by atoms with Crippen molar-refractivity contribution in [3.05, 3.63) is 33.4 Å². The molecule has 0 fully saturated rings. The van der Waals surface area contributed by atoms with E-state index in [4.69, 9.17) is 0 Å². The number of rotatable bonds is 3. The highest BCUT2D eigenvalue weighted by Gasteiger charge is 2.45. The molecule has 0 bridgehead atoms. The van der Waals surface area contributed by atoms with Crippen molar-refractivity contribution < 1.29 is 21.6 Å². The maximum Gasteiger partial charge on any atom is 0.511 e. The second-order valence-electron chi connectivity index (χ2n) is 2.90. The van der Waals surface area contributed by atoms with Gasteiger partial charge in [0, 0.05) is 10.1 Å². The van der Waals surface area contributed by atoms with E-state index in [2.05, 4.69) is 0 Å². The van der Waals surface area contributed by atoms with Crippen LogP contribution in [0.25, 0.3) is 0 Å². The molecule has 0 spiro atoms. The molecule has 1 rings (SSSR count). The van der Waals surface area contributed by atoms with Gasteiger partial charge in [0.2, 0.25) is 0 Å². The lowest BCUT2D eigenvalue weighted by molar-refractivity contribution is -0.0448. The van der Waals surface area contributed by atoms with E-state index < -0.39 is 15.5 Å². The highest BCUT2D eigenvalue weighted by atomic mass is 127. The van der Waals surface area contributed by atoms with Gasteiger partial charge in [0.25, 0.3) is 0 Å². The monoisotopic (exact) mass is 365 g/mol. The van der Waals surface area contributed by atoms with Crippen molar-refractivity contribution in [3.63, 3.8) is 0 Å². The molecule has 16 heavy (non-hydrogen) atoms. The molecule has 1 aromatic rings. The molecule has 0 aliphatic rings. The van der Waals surface area contributed by atoms with E-state index in [1.807, 2.05) is 22.6 Å². The summed E-state index contributed by atoms with van der Waals surface area (Å²) in [6.07, 6.45) is 0. The Kier molecular flexibility index (Phi) is 4.18.